The zero-order chi connectivity index (χ0) is 23.5. The first-order chi connectivity index (χ1) is 15.2. The first-order valence-corrected chi connectivity index (χ1v) is 9.87. The summed E-state index contributed by atoms with van der Waals surface area (Å²) in [6.07, 6.45) is -1.89. The van der Waals surface area contributed by atoms with E-state index in [-0.39, 0.29) is 25.5 Å². The van der Waals surface area contributed by atoms with Crippen LogP contribution < -0.4 is 5.73 Å². The van der Waals surface area contributed by atoms with Crippen molar-refractivity contribution in [3.8, 4) is 6.07 Å². The number of nitrogens with zero attached hydrogens (tertiary/aromatic N) is 4. The lowest BCUT2D eigenvalue weighted by molar-refractivity contribution is -0.168. The van der Waals surface area contributed by atoms with Crippen LogP contribution in [0, 0.1) is 17.2 Å². The minimum atomic E-state index is -1.48. The lowest BCUT2D eigenvalue weighted by Gasteiger charge is -2.30. The number of fused-ring (bicyclic) bond motifs is 1. The number of ether oxygens (including phenoxy) is 4. The topological polar surface area (TPSA) is 168 Å². The van der Waals surface area contributed by atoms with Crippen molar-refractivity contribution in [2.45, 2.75) is 44.8 Å². The maximum absolute atomic E-state index is 12.0. The Balaban J connectivity index is 2.10. The van der Waals surface area contributed by atoms with E-state index in [0.717, 1.165) is 0 Å². The van der Waals surface area contributed by atoms with E-state index in [9.17, 15) is 19.6 Å². The highest BCUT2D eigenvalue weighted by atomic mass is 16.7. The van der Waals surface area contributed by atoms with E-state index >= 15 is 0 Å². The highest BCUT2D eigenvalue weighted by Gasteiger charge is 2.60. The minimum Gasteiger partial charge on any atom is -0.458 e. The zero-order valence-corrected chi connectivity index (χ0v) is 17.8. The Morgan fingerprint density at radius 1 is 1.25 bits per heavy atom. The van der Waals surface area contributed by atoms with Crippen LogP contribution in [-0.2, 0) is 34.0 Å². The fourth-order valence-corrected chi connectivity index (χ4v) is 4.07. The van der Waals surface area contributed by atoms with Gasteiger partial charge in [-0.15, -0.1) is 0 Å². The van der Waals surface area contributed by atoms with Gasteiger partial charge in [0.05, 0.1) is 18.4 Å². The summed E-state index contributed by atoms with van der Waals surface area (Å²) in [4.78, 5) is 39.4. The first kappa shape index (κ1) is 22.8. The third kappa shape index (κ3) is 4.14. The summed E-state index contributed by atoms with van der Waals surface area (Å²) in [5, 5.41) is 14.5. The number of hydrogen-bond donors (Lipinski definition) is 1. The molecule has 0 saturated heterocycles. The molecule has 0 unspecified atom stereocenters. The standard InChI is InChI=1S/C20H23N5O7/c1-4-29-19(28)30-8-13-7-20(9-21,17(32-12(3)27)16(13)31-11(2)26)15-6-5-14-18(22)23-10-24-25(14)15/h5-6,10,13,16-17H,4,7-8H2,1-3H3,(H2,22,23,24)/t13-,16-,17-,20-/m1/s1. The van der Waals surface area contributed by atoms with Crippen molar-refractivity contribution >= 4 is 29.4 Å². The number of nitriles is 1. The van der Waals surface area contributed by atoms with E-state index in [2.05, 4.69) is 16.2 Å². The van der Waals surface area contributed by atoms with Crippen LogP contribution >= 0.6 is 0 Å². The van der Waals surface area contributed by atoms with E-state index < -0.39 is 41.6 Å². The van der Waals surface area contributed by atoms with E-state index in [1.165, 1.54) is 24.7 Å². The first-order valence-electron chi connectivity index (χ1n) is 9.87. The van der Waals surface area contributed by atoms with Gasteiger partial charge in [-0.3, -0.25) is 9.59 Å². The summed E-state index contributed by atoms with van der Waals surface area (Å²) in [6, 6.07) is 5.49. The van der Waals surface area contributed by atoms with Gasteiger partial charge in [0.15, 0.2) is 11.9 Å². The fraction of sp³-hybridized carbons (Fsp3) is 0.500. The van der Waals surface area contributed by atoms with E-state index in [4.69, 9.17) is 24.7 Å². The van der Waals surface area contributed by atoms with Crippen molar-refractivity contribution < 1.29 is 33.3 Å². The van der Waals surface area contributed by atoms with Gasteiger partial charge in [-0.2, -0.15) is 10.4 Å². The van der Waals surface area contributed by atoms with Crippen molar-refractivity contribution in [3.63, 3.8) is 0 Å². The van der Waals surface area contributed by atoms with E-state index in [1.54, 1.807) is 19.1 Å². The number of carbonyl (C=O) groups is 3. The van der Waals surface area contributed by atoms with Gasteiger partial charge in [-0.05, 0) is 25.5 Å². The molecule has 1 aliphatic carbocycles. The normalized spacial score (nSPS) is 24.5. The van der Waals surface area contributed by atoms with Gasteiger partial charge in [0.1, 0.15) is 30.0 Å². The molecule has 0 radical (unpaired) electrons. The average Bonchev–Trinajstić information content (AvgIpc) is 3.28. The molecule has 0 aliphatic heterocycles. The van der Waals surface area contributed by atoms with Crippen LogP contribution in [0.4, 0.5) is 10.6 Å². The molecule has 1 aliphatic rings. The maximum atomic E-state index is 12.0. The second-order valence-electron chi connectivity index (χ2n) is 7.31. The third-order valence-electron chi connectivity index (χ3n) is 5.24. The lowest BCUT2D eigenvalue weighted by atomic mass is 9.81. The molecule has 12 nitrogen and oxygen atoms in total. The molecule has 0 spiro atoms. The van der Waals surface area contributed by atoms with Crippen molar-refractivity contribution in [2.24, 2.45) is 5.92 Å². The van der Waals surface area contributed by atoms with Crippen LogP contribution in [-0.4, -0.2) is 58.1 Å². The number of anilines is 1. The predicted molar refractivity (Wildman–Crippen MR) is 107 cm³/mol. The van der Waals surface area contributed by atoms with Crippen LogP contribution in [0.3, 0.4) is 0 Å². The molecule has 1 fully saturated rings. The number of nitrogen functional groups attached to an aromatic ring is 1. The molecule has 0 amide bonds. The third-order valence-corrected chi connectivity index (χ3v) is 5.24. The Morgan fingerprint density at radius 2 is 1.97 bits per heavy atom. The summed E-state index contributed by atoms with van der Waals surface area (Å²) in [5.74, 6) is -1.79. The molecular weight excluding hydrogens is 422 g/mol. The average molecular weight is 445 g/mol. The van der Waals surface area contributed by atoms with Gasteiger partial charge in [-0.25, -0.2) is 14.3 Å². The van der Waals surface area contributed by atoms with Crippen molar-refractivity contribution in [2.75, 3.05) is 18.9 Å². The molecular formula is C20H23N5O7. The molecule has 4 atom stereocenters. The summed E-state index contributed by atoms with van der Waals surface area (Å²) < 4.78 is 22.3. The molecule has 32 heavy (non-hydrogen) atoms. The van der Waals surface area contributed by atoms with Gasteiger partial charge < -0.3 is 24.7 Å². The SMILES string of the molecule is CCOC(=O)OC[C@H]1C[C@@](C#N)(c2ccc3c(N)ncnn23)[C@H](OC(C)=O)[C@@H]1OC(C)=O. The van der Waals surface area contributed by atoms with Gasteiger partial charge in [0.2, 0.25) is 0 Å². The van der Waals surface area contributed by atoms with Gasteiger partial charge in [0.25, 0.3) is 0 Å². The number of aromatic nitrogens is 3. The minimum absolute atomic E-state index is 0.0365. The highest BCUT2D eigenvalue weighted by molar-refractivity contribution is 5.69. The number of hydrogen-bond acceptors (Lipinski definition) is 11. The number of nitrogens with two attached hydrogens (primary N) is 1. The highest BCUT2D eigenvalue weighted by Crippen LogP contribution is 2.48. The molecule has 3 rings (SSSR count). The second-order valence-corrected chi connectivity index (χ2v) is 7.31. The summed E-state index contributed by atoms with van der Waals surface area (Å²) in [6.45, 7) is 3.90. The van der Waals surface area contributed by atoms with Crippen LogP contribution in [0.1, 0.15) is 32.9 Å². The van der Waals surface area contributed by atoms with Crippen LogP contribution in [0.5, 0.6) is 0 Å². The molecule has 2 N–H and O–H groups in total. The molecule has 2 heterocycles. The number of esters is 2. The van der Waals surface area contributed by atoms with Gasteiger partial charge >= 0.3 is 18.1 Å². The largest absolute Gasteiger partial charge is 0.508 e. The Morgan fingerprint density at radius 3 is 2.59 bits per heavy atom. The molecule has 12 heteroatoms. The Kier molecular flexibility index (Phi) is 6.47. The summed E-state index contributed by atoms with van der Waals surface area (Å²) in [7, 11) is 0. The van der Waals surface area contributed by atoms with Gasteiger partial charge in [-0.1, -0.05) is 0 Å². The molecule has 2 aromatic heterocycles. The van der Waals surface area contributed by atoms with E-state index in [0.29, 0.717) is 11.2 Å². The van der Waals surface area contributed by atoms with Gasteiger partial charge in [0, 0.05) is 19.8 Å². The monoisotopic (exact) mass is 445 g/mol. The van der Waals surface area contributed by atoms with Crippen molar-refractivity contribution in [1.29, 1.82) is 5.26 Å². The van der Waals surface area contributed by atoms with Crippen molar-refractivity contribution in [3.05, 3.63) is 24.2 Å². The maximum Gasteiger partial charge on any atom is 0.508 e. The quantitative estimate of drug-likeness (QED) is 0.499. The van der Waals surface area contributed by atoms with Crippen LogP contribution in [0.15, 0.2) is 18.5 Å². The zero-order valence-electron chi connectivity index (χ0n) is 17.8. The fourth-order valence-electron chi connectivity index (χ4n) is 4.07. The molecule has 2 aromatic rings. The number of rotatable bonds is 6. The molecule has 170 valence electrons. The molecule has 1 saturated carbocycles. The van der Waals surface area contributed by atoms with Crippen molar-refractivity contribution in [1.82, 2.24) is 14.6 Å². The Hall–Kier alpha value is -3.88. The van der Waals surface area contributed by atoms with Crippen LogP contribution in [0.25, 0.3) is 5.52 Å². The van der Waals surface area contributed by atoms with Crippen LogP contribution in [0.2, 0.25) is 0 Å². The Bertz CT molecular complexity index is 1080. The molecule has 0 aromatic carbocycles. The lowest BCUT2D eigenvalue weighted by Crippen LogP contribution is -2.45. The summed E-state index contributed by atoms with van der Waals surface area (Å²) >= 11 is 0. The Labute approximate surface area is 183 Å². The molecule has 0 bridgehead atoms. The number of carbonyl (C=O) groups excluding carboxylic acids is 3. The van der Waals surface area contributed by atoms with E-state index in [1.807, 2.05) is 0 Å². The second kappa shape index (κ2) is 9.09. The predicted octanol–water partition coefficient (Wildman–Crippen LogP) is 1.13. The summed E-state index contributed by atoms with van der Waals surface area (Å²) in [5.41, 5.74) is 5.25. The smallest absolute Gasteiger partial charge is 0.458 e.